The zero-order chi connectivity index (χ0) is 18.1. The molecule has 0 saturated heterocycles. The summed E-state index contributed by atoms with van der Waals surface area (Å²) in [6, 6.07) is 14.0. The lowest BCUT2D eigenvalue weighted by Crippen LogP contribution is -1.98. The molecule has 6 heteroatoms. The van der Waals surface area contributed by atoms with E-state index in [1.165, 1.54) is 24.0 Å². The third-order valence-electron chi connectivity index (χ3n) is 4.16. The van der Waals surface area contributed by atoms with Crippen LogP contribution in [0.4, 0.5) is 4.39 Å². The zero-order valence-corrected chi connectivity index (χ0v) is 14.4. The van der Waals surface area contributed by atoms with E-state index in [1.807, 2.05) is 24.3 Å². The summed E-state index contributed by atoms with van der Waals surface area (Å²) >= 11 is 0. The second kappa shape index (κ2) is 6.55. The number of hydrogen-bond acceptors (Lipinski definition) is 4. The van der Waals surface area contributed by atoms with Crippen molar-refractivity contribution in [3.05, 3.63) is 72.4 Å². The number of ether oxygens (including phenoxy) is 1. The third-order valence-corrected chi connectivity index (χ3v) is 4.16. The van der Waals surface area contributed by atoms with Crippen molar-refractivity contribution in [3.8, 4) is 17.3 Å². The normalized spacial score (nSPS) is 11.2. The van der Waals surface area contributed by atoms with Crippen molar-refractivity contribution >= 4 is 11.0 Å². The molecule has 2 aromatic heterocycles. The van der Waals surface area contributed by atoms with Gasteiger partial charge in [-0.2, -0.15) is 5.10 Å². The summed E-state index contributed by atoms with van der Waals surface area (Å²) in [6.45, 7) is 4.29. The van der Waals surface area contributed by atoms with Crippen molar-refractivity contribution in [2.24, 2.45) is 0 Å². The predicted octanol–water partition coefficient (Wildman–Crippen LogP) is 4.87. The molecule has 4 aromatic rings. The Kier molecular flexibility index (Phi) is 4.08. The van der Waals surface area contributed by atoms with E-state index in [2.05, 4.69) is 28.9 Å². The number of halogens is 1. The first-order chi connectivity index (χ1) is 12.6. The first-order valence-electron chi connectivity index (χ1n) is 8.34. The molecule has 0 fully saturated rings. The molecule has 0 aliphatic carbocycles. The van der Waals surface area contributed by atoms with Crippen molar-refractivity contribution in [2.45, 2.75) is 19.8 Å². The molecular formula is C20H17FN4O. The summed E-state index contributed by atoms with van der Waals surface area (Å²) in [6.07, 6.45) is 3.08. The summed E-state index contributed by atoms with van der Waals surface area (Å²) < 4.78 is 20.7. The molecule has 5 nitrogen and oxygen atoms in total. The van der Waals surface area contributed by atoms with Gasteiger partial charge in [-0.05, 0) is 47.9 Å². The molecular weight excluding hydrogens is 331 g/mol. The maximum atomic E-state index is 13.2. The van der Waals surface area contributed by atoms with Gasteiger partial charge < -0.3 is 4.74 Å². The molecule has 0 atom stereocenters. The Balaban J connectivity index is 1.69. The average Bonchev–Trinajstić information content (AvgIpc) is 3.08. The number of benzene rings is 2. The highest BCUT2D eigenvalue weighted by molar-refractivity contribution is 5.81. The standard InChI is InChI=1S/C20H17FN4O/c1-13(2)14-3-9-17(10-4-14)26-20-18-11-24-25(19(18)22-12-23-20)16-7-5-15(21)6-8-16/h3-13H,1-2H3. The molecule has 130 valence electrons. The molecule has 0 aliphatic heterocycles. The minimum absolute atomic E-state index is 0.297. The molecule has 0 radical (unpaired) electrons. The lowest BCUT2D eigenvalue weighted by molar-refractivity contribution is 0.468. The summed E-state index contributed by atoms with van der Waals surface area (Å²) in [5, 5.41) is 5.03. The van der Waals surface area contributed by atoms with Crippen LogP contribution in [0.1, 0.15) is 25.3 Å². The van der Waals surface area contributed by atoms with Crippen LogP contribution < -0.4 is 4.74 Å². The van der Waals surface area contributed by atoms with Crippen molar-refractivity contribution in [1.82, 2.24) is 19.7 Å². The fraction of sp³-hybridized carbons (Fsp3) is 0.150. The summed E-state index contributed by atoms with van der Waals surface area (Å²) in [5.41, 5.74) is 2.56. The SMILES string of the molecule is CC(C)c1ccc(Oc2ncnc3c2cnn3-c2ccc(F)cc2)cc1. The first kappa shape index (κ1) is 16.2. The second-order valence-corrected chi connectivity index (χ2v) is 6.27. The molecule has 2 heterocycles. The van der Waals surface area contributed by atoms with Crippen LogP contribution >= 0.6 is 0 Å². The maximum Gasteiger partial charge on any atom is 0.233 e. The monoisotopic (exact) mass is 348 g/mol. The highest BCUT2D eigenvalue weighted by Crippen LogP contribution is 2.28. The van der Waals surface area contributed by atoms with Crippen molar-refractivity contribution in [1.29, 1.82) is 0 Å². The lowest BCUT2D eigenvalue weighted by atomic mass is 10.0. The van der Waals surface area contributed by atoms with Gasteiger partial charge in [0.2, 0.25) is 5.88 Å². The van der Waals surface area contributed by atoms with Crippen LogP contribution in [0.25, 0.3) is 16.7 Å². The number of fused-ring (bicyclic) bond motifs is 1. The van der Waals surface area contributed by atoms with Crippen LogP contribution in [0.3, 0.4) is 0 Å². The van der Waals surface area contributed by atoms with E-state index in [4.69, 9.17) is 4.74 Å². The van der Waals surface area contributed by atoms with Crippen molar-refractivity contribution < 1.29 is 9.13 Å². The minimum Gasteiger partial charge on any atom is -0.438 e. The topological polar surface area (TPSA) is 52.8 Å². The van der Waals surface area contributed by atoms with E-state index in [9.17, 15) is 4.39 Å². The van der Waals surface area contributed by atoms with E-state index >= 15 is 0 Å². The maximum absolute atomic E-state index is 13.2. The van der Waals surface area contributed by atoms with Gasteiger partial charge in [0.1, 0.15) is 23.3 Å². The second-order valence-electron chi connectivity index (χ2n) is 6.27. The van der Waals surface area contributed by atoms with E-state index in [0.717, 1.165) is 0 Å². The number of rotatable bonds is 4. The van der Waals surface area contributed by atoms with Crippen LogP contribution in [0, 0.1) is 5.82 Å². The average molecular weight is 348 g/mol. The van der Waals surface area contributed by atoms with Gasteiger partial charge in [0.05, 0.1) is 11.9 Å². The molecule has 0 amide bonds. The van der Waals surface area contributed by atoms with Gasteiger partial charge in [-0.3, -0.25) is 0 Å². The van der Waals surface area contributed by atoms with Gasteiger partial charge in [0.15, 0.2) is 5.65 Å². The van der Waals surface area contributed by atoms with Gasteiger partial charge in [0.25, 0.3) is 0 Å². The van der Waals surface area contributed by atoms with Crippen LogP contribution in [0.2, 0.25) is 0 Å². The first-order valence-corrected chi connectivity index (χ1v) is 8.34. The summed E-state index contributed by atoms with van der Waals surface area (Å²) in [7, 11) is 0. The Labute approximate surface area is 150 Å². The van der Waals surface area contributed by atoms with Gasteiger partial charge in [-0.1, -0.05) is 26.0 Å². The largest absolute Gasteiger partial charge is 0.438 e. The molecule has 26 heavy (non-hydrogen) atoms. The molecule has 0 aliphatic rings. The van der Waals surface area contributed by atoms with E-state index in [0.29, 0.717) is 34.3 Å². The summed E-state index contributed by atoms with van der Waals surface area (Å²) in [5.74, 6) is 1.29. The quantitative estimate of drug-likeness (QED) is 0.528. The lowest BCUT2D eigenvalue weighted by Gasteiger charge is -2.08. The summed E-state index contributed by atoms with van der Waals surface area (Å²) in [4.78, 5) is 8.53. The van der Waals surface area contributed by atoms with Gasteiger partial charge >= 0.3 is 0 Å². The van der Waals surface area contributed by atoms with Gasteiger partial charge in [0, 0.05) is 0 Å². The molecule has 4 rings (SSSR count). The number of hydrogen-bond donors (Lipinski definition) is 0. The van der Waals surface area contributed by atoms with E-state index in [-0.39, 0.29) is 5.82 Å². The molecule has 2 aromatic carbocycles. The van der Waals surface area contributed by atoms with Crippen molar-refractivity contribution in [2.75, 3.05) is 0 Å². The number of aromatic nitrogens is 4. The fourth-order valence-corrected chi connectivity index (χ4v) is 2.71. The molecule has 0 unspecified atom stereocenters. The fourth-order valence-electron chi connectivity index (χ4n) is 2.71. The minimum atomic E-state index is -0.297. The van der Waals surface area contributed by atoms with Crippen LogP contribution in [-0.4, -0.2) is 19.7 Å². The predicted molar refractivity (Wildman–Crippen MR) is 97.2 cm³/mol. The van der Waals surface area contributed by atoms with Gasteiger partial charge in [-0.15, -0.1) is 0 Å². The Morgan fingerprint density at radius 3 is 2.38 bits per heavy atom. The highest BCUT2D eigenvalue weighted by Gasteiger charge is 2.13. The van der Waals surface area contributed by atoms with Crippen LogP contribution in [0.15, 0.2) is 61.1 Å². The zero-order valence-electron chi connectivity index (χ0n) is 14.4. The van der Waals surface area contributed by atoms with Crippen LogP contribution in [-0.2, 0) is 0 Å². The van der Waals surface area contributed by atoms with E-state index < -0.39 is 0 Å². The van der Waals surface area contributed by atoms with Crippen LogP contribution in [0.5, 0.6) is 11.6 Å². The number of nitrogens with zero attached hydrogens (tertiary/aromatic N) is 4. The molecule has 0 N–H and O–H groups in total. The third kappa shape index (κ3) is 3.01. The smallest absolute Gasteiger partial charge is 0.233 e. The highest BCUT2D eigenvalue weighted by atomic mass is 19.1. The van der Waals surface area contributed by atoms with E-state index in [1.54, 1.807) is 23.0 Å². The molecule has 0 bridgehead atoms. The molecule has 0 saturated carbocycles. The Morgan fingerprint density at radius 2 is 1.69 bits per heavy atom. The Hall–Kier alpha value is -3.28. The Morgan fingerprint density at radius 1 is 0.962 bits per heavy atom. The molecule has 0 spiro atoms. The van der Waals surface area contributed by atoms with Crippen molar-refractivity contribution in [3.63, 3.8) is 0 Å². The Bertz CT molecular complexity index is 1040. The van der Waals surface area contributed by atoms with Gasteiger partial charge in [-0.25, -0.2) is 19.0 Å².